The molecule has 0 spiro atoms. The van der Waals surface area contributed by atoms with Crippen LogP contribution in [0.4, 0.5) is 0 Å². The van der Waals surface area contributed by atoms with E-state index in [1.807, 2.05) is 0 Å². The number of carboxylic acid groups (broad SMARTS) is 1. The van der Waals surface area contributed by atoms with E-state index in [9.17, 15) is 9.59 Å². The molecule has 0 unspecified atom stereocenters. The highest BCUT2D eigenvalue weighted by atomic mass is 16.5. The van der Waals surface area contributed by atoms with Crippen molar-refractivity contribution in [2.24, 2.45) is 0 Å². The third-order valence-electron chi connectivity index (χ3n) is 3.97. The van der Waals surface area contributed by atoms with Crippen LogP contribution in [-0.4, -0.2) is 59.9 Å². The predicted octanol–water partition coefficient (Wildman–Crippen LogP) is 1.04. The Bertz CT molecular complexity index is 353. The summed E-state index contributed by atoms with van der Waals surface area (Å²) in [6, 6.07) is -0.186. The molecule has 2 aliphatic heterocycles. The van der Waals surface area contributed by atoms with Gasteiger partial charge in [0.15, 0.2) is 0 Å². The second-order valence-corrected chi connectivity index (χ2v) is 5.54. The van der Waals surface area contributed by atoms with Crippen LogP contribution in [0.15, 0.2) is 0 Å². The number of carbonyl (C=O) groups excluding carboxylic acids is 1. The minimum Gasteiger partial charge on any atom is -0.481 e. The molecule has 2 heterocycles. The van der Waals surface area contributed by atoms with Gasteiger partial charge in [0.2, 0.25) is 0 Å². The van der Waals surface area contributed by atoms with Gasteiger partial charge >= 0.3 is 5.97 Å². The van der Waals surface area contributed by atoms with Crippen LogP contribution in [0.3, 0.4) is 0 Å². The van der Waals surface area contributed by atoms with Crippen molar-refractivity contribution in [1.29, 1.82) is 0 Å². The molecule has 0 aromatic rings. The lowest BCUT2D eigenvalue weighted by molar-refractivity contribution is -0.147. The first-order chi connectivity index (χ1) is 9.58. The maximum absolute atomic E-state index is 12.3. The molecule has 6 heteroatoms. The van der Waals surface area contributed by atoms with Gasteiger partial charge in [-0.05, 0) is 32.6 Å². The van der Waals surface area contributed by atoms with E-state index in [0.717, 1.165) is 32.3 Å². The Hall–Kier alpha value is -1.14. The average Bonchev–Trinajstić information content (AvgIpc) is 3.05. The van der Waals surface area contributed by atoms with Gasteiger partial charge in [-0.1, -0.05) is 0 Å². The maximum atomic E-state index is 12.3. The van der Waals surface area contributed by atoms with Crippen molar-refractivity contribution in [3.05, 3.63) is 0 Å². The van der Waals surface area contributed by atoms with E-state index >= 15 is 0 Å². The highest BCUT2D eigenvalue weighted by molar-refractivity contribution is 5.81. The average molecular weight is 285 g/mol. The summed E-state index contributed by atoms with van der Waals surface area (Å²) in [5.41, 5.74) is 0. The Morgan fingerprint density at radius 1 is 1.40 bits per heavy atom. The molecule has 0 aromatic carbocycles. The lowest BCUT2D eigenvalue weighted by Crippen LogP contribution is -2.43. The van der Waals surface area contributed by atoms with Crippen LogP contribution >= 0.6 is 0 Å². The van der Waals surface area contributed by atoms with Gasteiger partial charge in [0.25, 0.3) is 5.91 Å². The molecule has 0 radical (unpaired) electrons. The zero-order valence-electron chi connectivity index (χ0n) is 11.9. The number of likely N-dealkylation sites (tertiary alicyclic amines) is 1. The number of aliphatic carboxylic acids is 1. The number of ether oxygens (including phenoxy) is 2. The lowest BCUT2D eigenvalue weighted by Gasteiger charge is -2.27. The van der Waals surface area contributed by atoms with Crippen LogP contribution < -0.4 is 0 Å². The quantitative estimate of drug-likeness (QED) is 0.789. The number of hydrogen-bond donors (Lipinski definition) is 1. The van der Waals surface area contributed by atoms with Crippen molar-refractivity contribution in [1.82, 2.24) is 4.90 Å². The Balaban J connectivity index is 1.80. The van der Waals surface area contributed by atoms with E-state index in [4.69, 9.17) is 14.6 Å². The van der Waals surface area contributed by atoms with Gasteiger partial charge in [0.05, 0.1) is 19.1 Å². The summed E-state index contributed by atoms with van der Waals surface area (Å²) < 4.78 is 11.0. The Morgan fingerprint density at radius 2 is 2.20 bits per heavy atom. The zero-order chi connectivity index (χ0) is 14.5. The Morgan fingerprint density at radius 3 is 2.85 bits per heavy atom. The minimum atomic E-state index is -0.859. The summed E-state index contributed by atoms with van der Waals surface area (Å²) >= 11 is 0. The van der Waals surface area contributed by atoms with Crippen molar-refractivity contribution in [2.45, 2.75) is 57.3 Å². The fourth-order valence-corrected chi connectivity index (χ4v) is 2.87. The minimum absolute atomic E-state index is 0.0181. The Kier molecular flexibility index (Phi) is 5.37. The van der Waals surface area contributed by atoms with Crippen molar-refractivity contribution < 1.29 is 24.2 Å². The first kappa shape index (κ1) is 15.3. The molecule has 1 amide bonds. The number of carboxylic acids is 1. The molecule has 0 bridgehead atoms. The summed E-state index contributed by atoms with van der Waals surface area (Å²) in [6.45, 7) is 3.56. The van der Waals surface area contributed by atoms with Crippen LogP contribution in [0.1, 0.15) is 39.0 Å². The first-order valence-corrected chi connectivity index (χ1v) is 7.33. The monoisotopic (exact) mass is 285 g/mol. The number of carbonyl (C=O) groups is 2. The van der Waals surface area contributed by atoms with E-state index < -0.39 is 12.1 Å². The summed E-state index contributed by atoms with van der Waals surface area (Å²) in [4.78, 5) is 24.8. The Labute approximate surface area is 119 Å². The van der Waals surface area contributed by atoms with Gasteiger partial charge < -0.3 is 19.5 Å². The van der Waals surface area contributed by atoms with Crippen molar-refractivity contribution in [2.75, 3.05) is 19.8 Å². The molecule has 0 saturated carbocycles. The maximum Gasteiger partial charge on any atom is 0.305 e. The number of hydrogen-bond acceptors (Lipinski definition) is 4. The van der Waals surface area contributed by atoms with Crippen LogP contribution in [0, 0.1) is 0 Å². The molecule has 20 heavy (non-hydrogen) atoms. The molecule has 2 saturated heterocycles. The largest absolute Gasteiger partial charge is 0.481 e. The topological polar surface area (TPSA) is 76.1 Å². The van der Waals surface area contributed by atoms with Crippen molar-refractivity contribution in [3.8, 4) is 0 Å². The van der Waals surface area contributed by atoms with E-state index in [1.165, 1.54) is 0 Å². The molecule has 6 nitrogen and oxygen atoms in total. The molecule has 2 aliphatic rings. The van der Waals surface area contributed by atoms with Crippen LogP contribution in [-0.2, 0) is 19.1 Å². The van der Waals surface area contributed by atoms with Gasteiger partial charge in [0.1, 0.15) is 6.10 Å². The SMILES string of the molecule is C[C@H](OC[C@H]1CCCO1)C(=O)N1CCC[C@H]1CC(=O)O. The number of amides is 1. The summed E-state index contributed by atoms with van der Waals surface area (Å²) in [6.07, 6.45) is 3.23. The lowest BCUT2D eigenvalue weighted by atomic mass is 10.1. The molecule has 0 aliphatic carbocycles. The third kappa shape index (κ3) is 3.93. The van der Waals surface area contributed by atoms with Crippen molar-refractivity contribution in [3.63, 3.8) is 0 Å². The van der Waals surface area contributed by atoms with Crippen LogP contribution in [0.5, 0.6) is 0 Å². The zero-order valence-corrected chi connectivity index (χ0v) is 11.9. The fraction of sp³-hybridized carbons (Fsp3) is 0.857. The van der Waals surface area contributed by atoms with E-state index in [-0.39, 0.29) is 24.5 Å². The highest BCUT2D eigenvalue weighted by Crippen LogP contribution is 2.22. The second kappa shape index (κ2) is 7.04. The number of rotatable bonds is 6. The smallest absolute Gasteiger partial charge is 0.305 e. The first-order valence-electron chi connectivity index (χ1n) is 7.33. The molecule has 2 rings (SSSR count). The summed E-state index contributed by atoms with van der Waals surface area (Å²) in [5, 5.41) is 8.87. The van der Waals surface area contributed by atoms with E-state index in [2.05, 4.69) is 0 Å². The van der Waals surface area contributed by atoms with Gasteiger partial charge in [-0.15, -0.1) is 0 Å². The van der Waals surface area contributed by atoms with Gasteiger partial charge in [-0.3, -0.25) is 9.59 Å². The van der Waals surface area contributed by atoms with E-state index in [1.54, 1.807) is 11.8 Å². The highest BCUT2D eigenvalue weighted by Gasteiger charge is 2.33. The number of nitrogens with zero attached hydrogens (tertiary/aromatic N) is 1. The molecule has 3 atom stereocenters. The van der Waals surface area contributed by atoms with Crippen LogP contribution in [0.2, 0.25) is 0 Å². The van der Waals surface area contributed by atoms with Crippen LogP contribution in [0.25, 0.3) is 0 Å². The molecule has 114 valence electrons. The fourth-order valence-electron chi connectivity index (χ4n) is 2.87. The third-order valence-corrected chi connectivity index (χ3v) is 3.97. The normalized spacial score (nSPS) is 27.8. The molecular weight excluding hydrogens is 262 g/mol. The van der Waals surface area contributed by atoms with Gasteiger partial charge in [0, 0.05) is 19.2 Å². The predicted molar refractivity (Wildman–Crippen MR) is 71.4 cm³/mol. The summed E-state index contributed by atoms with van der Waals surface area (Å²) in [5.74, 6) is -0.964. The molecular formula is C14H23NO5. The standard InChI is InChI=1S/C14H23NO5/c1-10(20-9-12-5-3-7-19-12)14(18)15-6-2-4-11(15)8-13(16)17/h10-12H,2-9H2,1H3,(H,16,17)/t10-,11-,12+/m0/s1. The van der Waals surface area contributed by atoms with E-state index in [0.29, 0.717) is 13.2 Å². The molecule has 2 fully saturated rings. The van der Waals surface area contributed by atoms with Gasteiger partial charge in [-0.2, -0.15) is 0 Å². The molecule has 1 N–H and O–H groups in total. The van der Waals surface area contributed by atoms with Crippen molar-refractivity contribution >= 4 is 11.9 Å². The van der Waals surface area contributed by atoms with Gasteiger partial charge in [-0.25, -0.2) is 0 Å². The molecule has 0 aromatic heterocycles. The second-order valence-electron chi connectivity index (χ2n) is 5.54. The summed E-state index contributed by atoms with van der Waals surface area (Å²) in [7, 11) is 0.